The lowest BCUT2D eigenvalue weighted by atomic mass is 9.88. The first-order valence-corrected chi connectivity index (χ1v) is 8.29. The molecular weight excluding hydrogens is 262 g/mol. The molecule has 3 heteroatoms. The van der Waals surface area contributed by atoms with Crippen molar-refractivity contribution in [3.8, 4) is 0 Å². The molecule has 1 aromatic rings. The van der Waals surface area contributed by atoms with Crippen molar-refractivity contribution in [2.24, 2.45) is 0 Å². The van der Waals surface area contributed by atoms with E-state index in [9.17, 15) is 5.11 Å². The van der Waals surface area contributed by atoms with Gasteiger partial charge in [-0.15, -0.1) is 0 Å². The summed E-state index contributed by atoms with van der Waals surface area (Å²) in [5.74, 6) is 0. The fourth-order valence-electron chi connectivity index (χ4n) is 3.86. The van der Waals surface area contributed by atoms with Crippen LogP contribution in [0.5, 0.6) is 0 Å². The minimum Gasteiger partial charge on any atom is -0.387 e. The number of benzene rings is 1. The van der Waals surface area contributed by atoms with Gasteiger partial charge in [-0.25, -0.2) is 0 Å². The number of aliphatic hydroxyl groups excluding tert-OH is 1. The SMILES string of the molecule is Cc1ccc(C(O)C(C)N2CCOC3CCCCC32)cc1. The summed E-state index contributed by atoms with van der Waals surface area (Å²) in [5, 5.41) is 10.7. The van der Waals surface area contributed by atoms with E-state index in [0.717, 1.165) is 18.7 Å². The number of rotatable bonds is 3. The van der Waals surface area contributed by atoms with Crippen molar-refractivity contribution in [2.45, 2.75) is 63.8 Å². The van der Waals surface area contributed by atoms with E-state index < -0.39 is 6.10 Å². The van der Waals surface area contributed by atoms with Crippen molar-refractivity contribution in [1.82, 2.24) is 4.90 Å². The highest BCUT2D eigenvalue weighted by atomic mass is 16.5. The maximum Gasteiger partial charge on any atom is 0.0942 e. The van der Waals surface area contributed by atoms with E-state index in [1.807, 2.05) is 0 Å². The van der Waals surface area contributed by atoms with Gasteiger partial charge in [-0.3, -0.25) is 4.90 Å². The summed E-state index contributed by atoms with van der Waals surface area (Å²) in [7, 11) is 0. The molecule has 3 nitrogen and oxygen atoms in total. The van der Waals surface area contributed by atoms with E-state index in [2.05, 4.69) is 43.0 Å². The van der Waals surface area contributed by atoms with Crippen LogP contribution in [0.25, 0.3) is 0 Å². The van der Waals surface area contributed by atoms with Crippen LogP contribution in [-0.4, -0.2) is 41.3 Å². The van der Waals surface area contributed by atoms with E-state index >= 15 is 0 Å². The maximum atomic E-state index is 10.7. The number of hydrogen-bond donors (Lipinski definition) is 1. The van der Waals surface area contributed by atoms with Gasteiger partial charge in [0.25, 0.3) is 0 Å². The second-order valence-electron chi connectivity index (χ2n) is 6.59. The molecule has 1 N–H and O–H groups in total. The summed E-state index contributed by atoms with van der Waals surface area (Å²) in [4.78, 5) is 2.48. The van der Waals surface area contributed by atoms with E-state index in [4.69, 9.17) is 4.74 Å². The molecule has 0 spiro atoms. The van der Waals surface area contributed by atoms with Gasteiger partial charge < -0.3 is 9.84 Å². The highest BCUT2D eigenvalue weighted by Gasteiger charge is 2.38. The van der Waals surface area contributed by atoms with E-state index in [0.29, 0.717) is 12.1 Å². The van der Waals surface area contributed by atoms with Crippen LogP contribution < -0.4 is 0 Å². The molecule has 2 fully saturated rings. The topological polar surface area (TPSA) is 32.7 Å². The Balaban J connectivity index is 1.73. The van der Waals surface area contributed by atoms with Crippen LogP contribution in [-0.2, 0) is 4.74 Å². The number of aryl methyl sites for hydroxylation is 1. The summed E-state index contributed by atoms with van der Waals surface area (Å²) in [6.07, 6.45) is 4.90. The average molecular weight is 289 g/mol. The second kappa shape index (κ2) is 6.47. The standard InChI is InChI=1S/C18H27NO2/c1-13-7-9-15(10-8-13)18(20)14(2)19-11-12-21-17-6-4-3-5-16(17)19/h7-10,14,16-18,20H,3-6,11-12H2,1-2H3. The van der Waals surface area contributed by atoms with Crippen LogP contribution in [0, 0.1) is 6.92 Å². The number of aliphatic hydroxyl groups is 1. The zero-order valence-electron chi connectivity index (χ0n) is 13.2. The Hall–Kier alpha value is -0.900. The van der Waals surface area contributed by atoms with Crippen molar-refractivity contribution in [1.29, 1.82) is 0 Å². The van der Waals surface area contributed by atoms with Crippen LogP contribution in [0.4, 0.5) is 0 Å². The van der Waals surface area contributed by atoms with Gasteiger partial charge >= 0.3 is 0 Å². The Labute approximate surface area is 127 Å². The molecule has 21 heavy (non-hydrogen) atoms. The monoisotopic (exact) mass is 289 g/mol. The minimum atomic E-state index is -0.425. The van der Waals surface area contributed by atoms with Gasteiger partial charge in [-0.2, -0.15) is 0 Å². The zero-order chi connectivity index (χ0) is 14.8. The molecule has 4 atom stereocenters. The van der Waals surface area contributed by atoms with Gasteiger partial charge in [0.1, 0.15) is 0 Å². The third-order valence-corrected chi connectivity index (χ3v) is 5.17. The van der Waals surface area contributed by atoms with Crippen molar-refractivity contribution in [3.05, 3.63) is 35.4 Å². The van der Waals surface area contributed by atoms with Crippen LogP contribution in [0.15, 0.2) is 24.3 Å². The molecule has 3 rings (SSSR count). The highest BCUT2D eigenvalue weighted by molar-refractivity contribution is 5.24. The molecule has 1 aromatic carbocycles. The molecule has 0 bridgehead atoms. The van der Waals surface area contributed by atoms with Gasteiger partial charge in [0.05, 0.1) is 18.8 Å². The van der Waals surface area contributed by atoms with Crippen LogP contribution in [0.2, 0.25) is 0 Å². The highest BCUT2D eigenvalue weighted by Crippen LogP contribution is 2.32. The van der Waals surface area contributed by atoms with Crippen LogP contribution in [0.1, 0.15) is 49.8 Å². The van der Waals surface area contributed by atoms with Crippen LogP contribution in [0.3, 0.4) is 0 Å². The number of ether oxygens (including phenoxy) is 1. The molecule has 0 amide bonds. The Bertz CT molecular complexity index is 457. The molecule has 1 heterocycles. The lowest BCUT2D eigenvalue weighted by Crippen LogP contribution is -2.56. The zero-order valence-corrected chi connectivity index (χ0v) is 13.2. The summed E-state index contributed by atoms with van der Waals surface area (Å²) in [5.41, 5.74) is 2.25. The first kappa shape index (κ1) is 15.0. The number of fused-ring (bicyclic) bond motifs is 1. The molecule has 1 saturated heterocycles. The minimum absolute atomic E-state index is 0.141. The smallest absolute Gasteiger partial charge is 0.0942 e. The number of hydrogen-bond acceptors (Lipinski definition) is 3. The Morgan fingerprint density at radius 3 is 2.67 bits per heavy atom. The van der Waals surface area contributed by atoms with Crippen molar-refractivity contribution >= 4 is 0 Å². The third kappa shape index (κ3) is 3.15. The van der Waals surface area contributed by atoms with Gasteiger partial charge in [0.2, 0.25) is 0 Å². The second-order valence-corrected chi connectivity index (χ2v) is 6.59. The predicted molar refractivity (Wildman–Crippen MR) is 84.3 cm³/mol. The third-order valence-electron chi connectivity index (χ3n) is 5.17. The summed E-state index contributed by atoms with van der Waals surface area (Å²) < 4.78 is 5.94. The fourth-order valence-corrected chi connectivity index (χ4v) is 3.86. The van der Waals surface area contributed by atoms with Gasteiger partial charge in [0, 0.05) is 18.6 Å². The maximum absolute atomic E-state index is 10.7. The summed E-state index contributed by atoms with van der Waals surface area (Å²) >= 11 is 0. The Morgan fingerprint density at radius 1 is 1.19 bits per heavy atom. The van der Waals surface area contributed by atoms with E-state index in [1.165, 1.54) is 31.2 Å². The first-order valence-electron chi connectivity index (χ1n) is 8.29. The molecule has 4 unspecified atom stereocenters. The molecule has 0 radical (unpaired) electrons. The van der Waals surface area contributed by atoms with Crippen molar-refractivity contribution < 1.29 is 9.84 Å². The number of nitrogens with zero attached hydrogens (tertiary/aromatic N) is 1. The van der Waals surface area contributed by atoms with Gasteiger partial charge in [-0.05, 0) is 32.3 Å². The average Bonchev–Trinajstić information content (AvgIpc) is 2.53. The Morgan fingerprint density at radius 2 is 1.90 bits per heavy atom. The molecule has 1 aliphatic heterocycles. The largest absolute Gasteiger partial charge is 0.387 e. The quantitative estimate of drug-likeness (QED) is 0.928. The lowest BCUT2D eigenvalue weighted by Gasteiger charge is -2.47. The van der Waals surface area contributed by atoms with Gasteiger partial charge in [-0.1, -0.05) is 42.7 Å². The first-order chi connectivity index (χ1) is 10.2. The van der Waals surface area contributed by atoms with Crippen LogP contribution >= 0.6 is 0 Å². The summed E-state index contributed by atoms with van der Waals surface area (Å²) in [6, 6.07) is 8.89. The normalized spacial score (nSPS) is 29.7. The Kier molecular flexibility index (Phi) is 4.63. The lowest BCUT2D eigenvalue weighted by molar-refractivity contribution is -0.115. The molecule has 116 valence electrons. The molecule has 1 aliphatic carbocycles. The van der Waals surface area contributed by atoms with Crippen molar-refractivity contribution in [2.75, 3.05) is 13.2 Å². The molecule has 2 aliphatic rings. The van der Waals surface area contributed by atoms with Crippen molar-refractivity contribution in [3.63, 3.8) is 0 Å². The molecular formula is C18H27NO2. The van der Waals surface area contributed by atoms with E-state index in [1.54, 1.807) is 0 Å². The van der Waals surface area contributed by atoms with E-state index in [-0.39, 0.29) is 6.04 Å². The molecule has 1 saturated carbocycles. The summed E-state index contributed by atoms with van der Waals surface area (Å²) in [6.45, 7) is 5.97. The molecule has 0 aromatic heterocycles. The van der Waals surface area contributed by atoms with Gasteiger partial charge in [0.15, 0.2) is 0 Å². The fraction of sp³-hybridized carbons (Fsp3) is 0.667. The number of morpholine rings is 1. The predicted octanol–water partition coefficient (Wildman–Crippen LogP) is 3.06.